The molecule has 118 valence electrons. The zero-order valence-electron chi connectivity index (χ0n) is 12.5. The van der Waals surface area contributed by atoms with E-state index in [1.165, 1.54) is 12.3 Å². The Labute approximate surface area is 132 Å². The Morgan fingerprint density at radius 1 is 1.26 bits per heavy atom. The number of nitrogens with one attached hydrogen (secondary N) is 2. The zero-order valence-corrected chi connectivity index (χ0v) is 12.5. The molecule has 0 bridgehead atoms. The summed E-state index contributed by atoms with van der Waals surface area (Å²) in [4.78, 5) is 13.1. The highest BCUT2D eigenvalue weighted by atomic mass is 19.1. The van der Waals surface area contributed by atoms with E-state index in [2.05, 4.69) is 25.6 Å². The van der Waals surface area contributed by atoms with Crippen LogP contribution in [-0.4, -0.2) is 38.5 Å². The minimum absolute atomic E-state index is 0.313. The van der Waals surface area contributed by atoms with Crippen molar-refractivity contribution < 1.29 is 4.39 Å². The van der Waals surface area contributed by atoms with Gasteiger partial charge >= 0.3 is 0 Å². The molecule has 7 heteroatoms. The van der Waals surface area contributed by atoms with E-state index >= 15 is 0 Å². The number of hydrogen-bond donors (Lipinski definition) is 2. The molecule has 0 saturated carbocycles. The van der Waals surface area contributed by atoms with Crippen molar-refractivity contribution in [3.63, 3.8) is 0 Å². The van der Waals surface area contributed by atoms with E-state index < -0.39 is 0 Å². The Morgan fingerprint density at radius 3 is 3.09 bits per heavy atom. The second-order valence-electron chi connectivity index (χ2n) is 5.70. The first-order chi connectivity index (χ1) is 11.3. The molecule has 1 fully saturated rings. The van der Waals surface area contributed by atoms with Crippen LogP contribution in [0.15, 0.2) is 36.9 Å². The Morgan fingerprint density at radius 2 is 2.22 bits per heavy atom. The van der Waals surface area contributed by atoms with Gasteiger partial charge in [0.2, 0.25) is 0 Å². The number of fused-ring (bicyclic) bond motifs is 1. The molecular weight excluding hydrogens is 295 g/mol. The van der Waals surface area contributed by atoms with Crippen molar-refractivity contribution in [2.45, 2.75) is 18.9 Å². The number of rotatable bonds is 3. The van der Waals surface area contributed by atoms with Gasteiger partial charge in [0, 0.05) is 18.8 Å². The number of halogens is 1. The molecule has 3 aromatic heterocycles. The molecule has 4 rings (SSSR count). The molecule has 0 radical (unpaired) electrons. The highest BCUT2D eigenvalue weighted by Gasteiger charge is 2.14. The maximum atomic E-state index is 13.5. The third-order valence-corrected chi connectivity index (χ3v) is 4.02. The molecule has 0 aromatic carbocycles. The van der Waals surface area contributed by atoms with Crippen LogP contribution in [-0.2, 0) is 0 Å². The molecule has 6 nitrogen and oxygen atoms in total. The van der Waals surface area contributed by atoms with Crippen molar-refractivity contribution in [1.29, 1.82) is 0 Å². The molecule has 2 N–H and O–H groups in total. The predicted octanol–water partition coefficient (Wildman–Crippen LogP) is 2.09. The molecule has 1 atom stereocenters. The van der Waals surface area contributed by atoms with Gasteiger partial charge in [-0.3, -0.25) is 9.38 Å². The van der Waals surface area contributed by atoms with Gasteiger partial charge in [-0.1, -0.05) is 0 Å². The third-order valence-electron chi connectivity index (χ3n) is 4.02. The lowest BCUT2D eigenvalue weighted by Crippen LogP contribution is -2.38. The smallest absolute Gasteiger partial charge is 0.145 e. The van der Waals surface area contributed by atoms with Gasteiger partial charge < -0.3 is 10.6 Å². The molecule has 0 spiro atoms. The fraction of sp³-hybridized carbons (Fsp3) is 0.312. The van der Waals surface area contributed by atoms with Crippen molar-refractivity contribution in [2.24, 2.45) is 0 Å². The highest BCUT2D eigenvalue weighted by molar-refractivity contribution is 5.60. The van der Waals surface area contributed by atoms with E-state index in [0.717, 1.165) is 37.4 Å². The quantitative estimate of drug-likeness (QED) is 0.775. The van der Waals surface area contributed by atoms with Crippen molar-refractivity contribution >= 4 is 11.5 Å². The fourth-order valence-corrected chi connectivity index (χ4v) is 2.89. The summed E-state index contributed by atoms with van der Waals surface area (Å²) >= 11 is 0. The van der Waals surface area contributed by atoms with Gasteiger partial charge in [-0.2, -0.15) is 0 Å². The first kappa shape index (κ1) is 14.1. The second-order valence-corrected chi connectivity index (χ2v) is 5.70. The number of aromatic nitrogens is 4. The molecule has 3 aromatic rings. The van der Waals surface area contributed by atoms with Crippen molar-refractivity contribution in [3.8, 4) is 11.4 Å². The largest absolute Gasteiger partial charge is 0.365 e. The minimum atomic E-state index is -0.313. The molecule has 4 heterocycles. The van der Waals surface area contributed by atoms with Crippen LogP contribution in [0.25, 0.3) is 17.0 Å². The van der Waals surface area contributed by atoms with Crippen LogP contribution >= 0.6 is 0 Å². The number of hydrogen-bond acceptors (Lipinski definition) is 5. The molecule has 1 aliphatic rings. The Balaban J connectivity index is 1.65. The number of imidazole rings is 1. The molecule has 1 saturated heterocycles. The van der Waals surface area contributed by atoms with Gasteiger partial charge in [-0.15, -0.1) is 0 Å². The lowest BCUT2D eigenvalue weighted by Gasteiger charge is -2.24. The van der Waals surface area contributed by atoms with E-state index in [0.29, 0.717) is 17.4 Å². The van der Waals surface area contributed by atoms with Crippen LogP contribution in [0.2, 0.25) is 0 Å². The van der Waals surface area contributed by atoms with Gasteiger partial charge in [0.1, 0.15) is 23.0 Å². The van der Waals surface area contributed by atoms with Crippen molar-refractivity contribution in [2.75, 3.05) is 18.4 Å². The highest BCUT2D eigenvalue weighted by Crippen LogP contribution is 2.20. The number of pyridine rings is 1. The molecule has 0 aliphatic carbocycles. The van der Waals surface area contributed by atoms with Crippen LogP contribution < -0.4 is 10.6 Å². The number of piperidine rings is 1. The number of anilines is 1. The summed E-state index contributed by atoms with van der Waals surface area (Å²) in [6.07, 6.45) is 8.73. The van der Waals surface area contributed by atoms with Crippen LogP contribution in [0.3, 0.4) is 0 Å². The van der Waals surface area contributed by atoms with Gasteiger partial charge in [0.25, 0.3) is 0 Å². The summed E-state index contributed by atoms with van der Waals surface area (Å²) in [6, 6.07) is 3.39. The van der Waals surface area contributed by atoms with Crippen LogP contribution in [0.1, 0.15) is 12.8 Å². The first-order valence-corrected chi connectivity index (χ1v) is 7.72. The standard InChI is InChI=1S/C16H17FN6/c17-11-3-4-16-20-8-14(23(16)10-11)13-7-19-9-15(22-13)21-12-2-1-5-18-6-12/h3-4,7-10,12,18H,1-2,5-6H2,(H,21,22). The van der Waals surface area contributed by atoms with Crippen LogP contribution in [0, 0.1) is 5.82 Å². The average Bonchev–Trinajstić information content (AvgIpc) is 2.99. The summed E-state index contributed by atoms with van der Waals surface area (Å²) in [5.41, 5.74) is 2.06. The lowest BCUT2D eigenvalue weighted by molar-refractivity contribution is 0.479. The van der Waals surface area contributed by atoms with E-state index in [-0.39, 0.29) is 5.82 Å². The topological polar surface area (TPSA) is 67.1 Å². The summed E-state index contributed by atoms with van der Waals surface area (Å²) < 4.78 is 15.2. The van der Waals surface area contributed by atoms with Gasteiger partial charge in [0.15, 0.2) is 0 Å². The SMILES string of the molecule is Fc1ccc2ncc(-c3cncc(NC4CCCNC4)n3)n2c1. The Hall–Kier alpha value is -2.54. The Bertz CT molecular complexity index is 824. The second kappa shape index (κ2) is 5.92. The summed E-state index contributed by atoms with van der Waals surface area (Å²) in [6.45, 7) is 1.99. The average molecular weight is 312 g/mol. The van der Waals surface area contributed by atoms with Crippen LogP contribution in [0.4, 0.5) is 10.2 Å². The first-order valence-electron chi connectivity index (χ1n) is 7.72. The van der Waals surface area contributed by atoms with E-state index in [9.17, 15) is 4.39 Å². The maximum Gasteiger partial charge on any atom is 0.145 e. The fourth-order valence-electron chi connectivity index (χ4n) is 2.89. The minimum Gasteiger partial charge on any atom is -0.365 e. The monoisotopic (exact) mass is 312 g/mol. The Kier molecular flexibility index (Phi) is 3.63. The van der Waals surface area contributed by atoms with Gasteiger partial charge in [-0.25, -0.2) is 14.4 Å². The molecule has 1 aliphatic heterocycles. The van der Waals surface area contributed by atoms with E-state index in [1.807, 2.05) is 0 Å². The lowest BCUT2D eigenvalue weighted by atomic mass is 10.1. The normalized spacial score (nSPS) is 18.2. The maximum absolute atomic E-state index is 13.5. The van der Waals surface area contributed by atoms with Gasteiger partial charge in [-0.05, 0) is 31.5 Å². The van der Waals surface area contributed by atoms with Crippen molar-refractivity contribution in [1.82, 2.24) is 24.7 Å². The molecular formula is C16H17FN6. The predicted molar refractivity (Wildman–Crippen MR) is 85.7 cm³/mol. The van der Waals surface area contributed by atoms with E-state index in [1.54, 1.807) is 29.1 Å². The summed E-state index contributed by atoms with van der Waals surface area (Å²) in [7, 11) is 0. The molecule has 0 amide bonds. The number of nitrogens with zero attached hydrogens (tertiary/aromatic N) is 4. The molecule has 1 unspecified atom stereocenters. The summed E-state index contributed by atoms with van der Waals surface area (Å²) in [5.74, 6) is 0.412. The summed E-state index contributed by atoms with van der Waals surface area (Å²) in [5, 5.41) is 6.76. The van der Waals surface area contributed by atoms with Crippen LogP contribution in [0.5, 0.6) is 0 Å². The van der Waals surface area contributed by atoms with Crippen molar-refractivity contribution in [3.05, 3.63) is 42.7 Å². The zero-order chi connectivity index (χ0) is 15.6. The van der Waals surface area contributed by atoms with Gasteiger partial charge in [0.05, 0.1) is 24.3 Å². The molecule has 23 heavy (non-hydrogen) atoms. The third kappa shape index (κ3) is 2.87. The van der Waals surface area contributed by atoms with E-state index in [4.69, 9.17) is 0 Å².